The maximum absolute atomic E-state index is 10.9. The maximum Gasteiger partial charge on any atom is 0.148 e. The molecule has 0 radical (unpaired) electrons. The summed E-state index contributed by atoms with van der Waals surface area (Å²) in [5.41, 5.74) is 0. The van der Waals surface area contributed by atoms with E-state index in [-0.39, 0.29) is 11.8 Å². The highest BCUT2D eigenvalue weighted by molar-refractivity contribution is 8.00. The van der Waals surface area contributed by atoms with E-state index in [4.69, 9.17) is 4.42 Å². The first-order chi connectivity index (χ1) is 7.99. The molecule has 1 aromatic rings. The van der Waals surface area contributed by atoms with Crippen molar-refractivity contribution in [3.05, 3.63) is 24.2 Å². The lowest BCUT2D eigenvalue weighted by Crippen LogP contribution is -2.21. The van der Waals surface area contributed by atoms with Gasteiger partial charge in [-0.15, -0.1) is 0 Å². The molecule has 0 spiro atoms. The number of sulfone groups is 1. The first-order valence-electron chi connectivity index (χ1n) is 5.51. The molecule has 6 heteroatoms. The lowest BCUT2D eigenvalue weighted by atomic mass is 10.2. The Hall–Kier alpha value is -0.460. The predicted molar refractivity (Wildman–Crippen MR) is 72.2 cm³/mol. The largest absolute Gasteiger partial charge is 0.468 e. The van der Waals surface area contributed by atoms with Crippen molar-refractivity contribution in [2.45, 2.75) is 13.0 Å². The summed E-state index contributed by atoms with van der Waals surface area (Å²) in [6, 6.07) is 4.00. The van der Waals surface area contributed by atoms with E-state index >= 15 is 0 Å². The molecule has 1 N–H and O–H groups in total. The average molecular weight is 277 g/mol. The first-order valence-corrected chi connectivity index (χ1v) is 8.73. The summed E-state index contributed by atoms with van der Waals surface area (Å²) in [6.07, 6.45) is 2.93. The van der Waals surface area contributed by atoms with Gasteiger partial charge in [0, 0.05) is 24.3 Å². The molecule has 1 atom stereocenters. The maximum atomic E-state index is 10.9. The Morgan fingerprint density at radius 2 is 2.24 bits per heavy atom. The predicted octanol–water partition coefficient (Wildman–Crippen LogP) is 1.71. The Labute approximate surface area is 107 Å². The standard InChI is InChI=1S/C11H19NO3S2/c1-10(11-4-3-6-15-11)12-5-7-16-8-9-17(2,13)14/h3-4,6,10,12H,5,7-9H2,1-2H3. The minimum absolute atomic E-state index is 0.195. The zero-order chi connectivity index (χ0) is 12.7. The van der Waals surface area contributed by atoms with Crippen LogP contribution in [0.15, 0.2) is 22.8 Å². The number of hydrogen-bond acceptors (Lipinski definition) is 5. The number of thioether (sulfide) groups is 1. The molecule has 1 heterocycles. The molecule has 0 saturated heterocycles. The van der Waals surface area contributed by atoms with Crippen molar-refractivity contribution in [1.82, 2.24) is 5.32 Å². The Bertz CT molecular complexity index is 400. The van der Waals surface area contributed by atoms with E-state index in [9.17, 15) is 8.42 Å². The third kappa shape index (κ3) is 6.75. The van der Waals surface area contributed by atoms with Crippen LogP contribution in [0.3, 0.4) is 0 Å². The van der Waals surface area contributed by atoms with E-state index in [0.717, 1.165) is 18.1 Å². The monoisotopic (exact) mass is 277 g/mol. The van der Waals surface area contributed by atoms with Crippen molar-refractivity contribution in [2.24, 2.45) is 0 Å². The van der Waals surface area contributed by atoms with Crippen LogP contribution in [0.25, 0.3) is 0 Å². The number of furan rings is 1. The van der Waals surface area contributed by atoms with Crippen LogP contribution < -0.4 is 5.32 Å². The van der Waals surface area contributed by atoms with Crippen molar-refractivity contribution in [3.8, 4) is 0 Å². The Balaban J connectivity index is 2.05. The molecular weight excluding hydrogens is 258 g/mol. The number of hydrogen-bond donors (Lipinski definition) is 1. The highest BCUT2D eigenvalue weighted by Gasteiger charge is 2.06. The van der Waals surface area contributed by atoms with E-state index < -0.39 is 9.84 Å². The van der Waals surface area contributed by atoms with Gasteiger partial charge in [-0.05, 0) is 19.1 Å². The lowest BCUT2D eigenvalue weighted by Gasteiger charge is -2.10. The van der Waals surface area contributed by atoms with Gasteiger partial charge in [0.2, 0.25) is 0 Å². The summed E-state index contributed by atoms with van der Waals surface area (Å²) in [4.78, 5) is 0. The van der Waals surface area contributed by atoms with Crippen molar-refractivity contribution >= 4 is 21.6 Å². The van der Waals surface area contributed by atoms with E-state index in [2.05, 4.69) is 5.32 Å². The third-order valence-corrected chi connectivity index (χ3v) is 4.46. The molecule has 0 fully saturated rings. The quantitative estimate of drug-likeness (QED) is 0.733. The fourth-order valence-electron chi connectivity index (χ4n) is 1.30. The third-order valence-electron chi connectivity index (χ3n) is 2.27. The van der Waals surface area contributed by atoms with Crippen LogP contribution >= 0.6 is 11.8 Å². The fraction of sp³-hybridized carbons (Fsp3) is 0.636. The van der Waals surface area contributed by atoms with Crippen molar-refractivity contribution in [2.75, 3.05) is 30.1 Å². The van der Waals surface area contributed by atoms with Gasteiger partial charge in [-0.3, -0.25) is 0 Å². The fourth-order valence-corrected chi connectivity index (χ4v) is 3.45. The van der Waals surface area contributed by atoms with E-state index in [0.29, 0.717) is 5.75 Å². The highest BCUT2D eigenvalue weighted by Crippen LogP contribution is 2.12. The second kappa shape index (κ2) is 7.08. The summed E-state index contributed by atoms with van der Waals surface area (Å²) >= 11 is 1.65. The van der Waals surface area contributed by atoms with Crippen LogP contribution in [-0.4, -0.2) is 38.5 Å². The van der Waals surface area contributed by atoms with E-state index in [1.807, 2.05) is 19.1 Å². The van der Waals surface area contributed by atoms with Crippen LogP contribution in [0, 0.1) is 0 Å². The Morgan fingerprint density at radius 3 is 2.82 bits per heavy atom. The van der Waals surface area contributed by atoms with E-state index in [1.54, 1.807) is 18.0 Å². The summed E-state index contributed by atoms with van der Waals surface area (Å²) in [5.74, 6) is 2.74. The van der Waals surface area contributed by atoms with Crippen molar-refractivity contribution < 1.29 is 12.8 Å². The van der Waals surface area contributed by atoms with Gasteiger partial charge in [0.1, 0.15) is 15.6 Å². The van der Waals surface area contributed by atoms with Crippen molar-refractivity contribution in [3.63, 3.8) is 0 Å². The molecule has 0 bridgehead atoms. The van der Waals surface area contributed by atoms with Gasteiger partial charge in [-0.25, -0.2) is 8.42 Å². The topological polar surface area (TPSA) is 59.3 Å². The molecule has 17 heavy (non-hydrogen) atoms. The highest BCUT2D eigenvalue weighted by atomic mass is 32.2. The minimum atomic E-state index is -2.82. The van der Waals surface area contributed by atoms with E-state index in [1.165, 1.54) is 6.26 Å². The van der Waals surface area contributed by atoms with Gasteiger partial charge in [0.05, 0.1) is 18.1 Å². The SMILES string of the molecule is CC(NCCSCCS(C)(=O)=O)c1ccco1. The smallest absolute Gasteiger partial charge is 0.148 e. The van der Waals surface area contributed by atoms with Crippen LogP contribution in [0.2, 0.25) is 0 Å². The summed E-state index contributed by atoms with van der Waals surface area (Å²) in [7, 11) is -2.82. The normalized spacial score (nSPS) is 13.8. The molecule has 1 aromatic heterocycles. The van der Waals surface area contributed by atoms with Crippen LogP contribution in [0.1, 0.15) is 18.7 Å². The number of nitrogens with one attached hydrogen (secondary N) is 1. The minimum Gasteiger partial charge on any atom is -0.468 e. The zero-order valence-corrected chi connectivity index (χ0v) is 11.8. The zero-order valence-electron chi connectivity index (χ0n) is 10.2. The van der Waals surface area contributed by atoms with Crippen LogP contribution in [0.5, 0.6) is 0 Å². The van der Waals surface area contributed by atoms with Gasteiger partial charge < -0.3 is 9.73 Å². The molecule has 0 aliphatic carbocycles. The summed E-state index contributed by atoms with van der Waals surface area (Å²) in [6.45, 7) is 2.89. The van der Waals surface area contributed by atoms with Crippen molar-refractivity contribution in [1.29, 1.82) is 0 Å². The Morgan fingerprint density at radius 1 is 1.47 bits per heavy atom. The molecule has 0 saturated carbocycles. The molecule has 98 valence electrons. The second-order valence-corrected chi connectivity index (χ2v) is 7.42. The molecular formula is C11H19NO3S2. The van der Waals surface area contributed by atoms with Gasteiger partial charge in [-0.2, -0.15) is 11.8 Å². The van der Waals surface area contributed by atoms with Crippen LogP contribution in [0.4, 0.5) is 0 Å². The molecule has 0 aliphatic heterocycles. The summed E-state index contributed by atoms with van der Waals surface area (Å²) < 4.78 is 27.0. The molecule has 0 aromatic carbocycles. The molecule has 1 rings (SSSR count). The van der Waals surface area contributed by atoms with Gasteiger partial charge >= 0.3 is 0 Å². The lowest BCUT2D eigenvalue weighted by molar-refractivity contribution is 0.438. The van der Waals surface area contributed by atoms with Gasteiger partial charge in [0.15, 0.2) is 0 Å². The first kappa shape index (κ1) is 14.6. The molecule has 1 unspecified atom stereocenters. The molecule has 0 amide bonds. The van der Waals surface area contributed by atoms with Gasteiger partial charge in [-0.1, -0.05) is 0 Å². The van der Waals surface area contributed by atoms with Crippen LogP contribution in [-0.2, 0) is 9.84 Å². The number of rotatable bonds is 8. The molecule has 0 aliphatic rings. The summed E-state index contributed by atoms with van der Waals surface area (Å²) in [5, 5.41) is 3.32. The second-order valence-electron chi connectivity index (χ2n) is 3.93. The Kier molecular flexibility index (Phi) is 6.08. The average Bonchev–Trinajstić information content (AvgIpc) is 2.74. The van der Waals surface area contributed by atoms with Gasteiger partial charge in [0.25, 0.3) is 0 Å². The molecule has 4 nitrogen and oxygen atoms in total.